The lowest BCUT2D eigenvalue weighted by Gasteiger charge is -2.46. The third-order valence-corrected chi connectivity index (χ3v) is 5.59. The second-order valence-corrected chi connectivity index (χ2v) is 7.26. The van der Waals surface area contributed by atoms with Crippen molar-refractivity contribution < 1.29 is 18.3 Å². The second-order valence-electron chi connectivity index (χ2n) is 7.26. The van der Waals surface area contributed by atoms with Crippen LogP contribution >= 0.6 is 0 Å². The Kier molecular flexibility index (Phi) is 4.67. The number of amides is 1. The zero-order chi connectivity index (χ0) is 18.3. The molecule has 3 heterocycles. The van der Waals surface area contributed by atoms with Crippen molar-refractivity contribution in [2.24, 2.45) is 0 Å². The van der Waals surface area contributed by atoms with Crippen LogP contribution in [0.2, 0.25) is 0 Å². The molecule has 2 aromatic rings. The molecule has 0 saturated carbocycles. The minimum atomic E-state index is -2.46. The quantitative estimate of drug-likeness (QED) is 0.908. The van der Waals surface area contributed by atoms with Crippen LogP contribution in [-0.2, 0) is 11.3 Å². The summed E-state index contributed by atoms with van der Waals surface area (Å²) in [5.74, 6) is -0.192. The number of nitrogens with one attached hydrogen (secondary N) is 1. The first-order valence-corrected chi connectivity index (χ1v) is 8.99. The molecule has 1 aromatic heterocycles. The van der Waals surface area contributed by atoms with E-state index in [0.29, 0.717) is 41.8 Å². The van der Waals surface area contributed by atoms with Crippen LogP contribution in [0.5, 0.6) is 0 Å². The molecule has 7 heteroatoms. The highest BCUT2D eigenvalue weighted by atomic mass is 19.3. The van der Waals surface area contributed by atoms with E-state index in [1.54, 1.807) is 18.3 Å². The van der Waals surface area contributed by atoms with Crippen LogP contribution in [0.3, 0.4) is 0 Å². The van der Waals surface area contributed by atoms with Crippen LogP contribution in [-0.4, -0.2) is 60.2 Å². The zero-order valence-corrected chi connectivity index (χ0v) is 14.7. The Bertz CT molecular complexity index is 793. The smallest absolute Gasteiger partial charge is 0.256 e. The van der Waals surface area contributed by atoms with Gasteiger partial charge in [-0.15, -0.1) is 0 Å². The van der Waals surface area contributed by atoms with Crippen molar-refractivity contribution in [3.8, 4) is 0 Å². The number of hydrogen-bond donors (Lipinski definition) is 1. The van der Waals surface area contributed by atoms with Crippen molar-refractivity contribution in [2.75, 3.05) is 20.3 Å². The summed E-state index contributed by atoms with van der Waals surface area (Å²) in [6.07, 6.45) is 0.767. The number of alkyl halides is 2. The maximum absolute atomic E-state index is 12.9. The molecule has 26 heavy (non-hydrogen) atoms. The molecule has 4 rings (SSSR count). The Labute approximate surface area is 150 Å². The number of halogens is 2. The first kappa shape index (κ1) is 17.4. The van der Waals surface area contributed by atoms with E-state index >= 15 is 0 Å². The minimum absolute atomic E-state index is 0.0785. The van der Waals surface area contributed by atoms with Gasteiger partial charge in [0, 0.05) is 35.2 Å². The molecule has 1 N–H and O–H groups in total. The van der Waals surface area contributed by atoms with Crippen molar-refractivity contribution in [1.82, 2.24) is 14.8 Å². The predicted molar refractivity (Wildman–Crippen MR) is 94.6 cm³/mol. The van der Waals surface area contributed by atoms with Gasteiger partial charge < -0.3 is 14.6 Å². The van der Waals surface area contributed by atoms with Gasteiger partial charge in [0.2, 0.25) is 0 Å². The van der Waals surface area contributed by atoms with E-state index in [2.05, 4.69) is 17.3 Å². The number of aromatic nitrogens is 1. The molecule has 0 radical (unpaired) electrons. The molecule has 2 saturated heterocycles. The van der Waals surface area contributed by atoms with E-state index in [1.165, 1.54) is 4.57 Å². The lowest BCUT2D eigenvalue weighted by atomic mass is 9.90. The van der Waals surface area contributed by atoms with E-state index in [4.69, 9.17) is 4.74 Å². The van der Waals surface area contributed by atoms with E-state index in [9.17, 15) is 13.6 Å². The third-order valence-electron chi connectivity index (χ3n) is 5.59. The summed E-state index contributed by atoms with van der Waals surface area (Å²) in [5.41, 5.74) is 1.12. The molecule has 2 aliphatic heterocycles. The zero-order valence-electron chi connectivity index (χ0n) is 14.7. The van der Waals surface area contributed by atoms with Gasteiger partial charge in [0.25, 0.3) is 12.3 Å². The first-order chi connectivity index (χ1) is 12.5. The monoisotopic (exact) mass is 363 g/mol. The largest absolute Gasteiger partial charge is 0.378 e. The number of nitrogens with zero attached hydrogens (tertiary/aromatic N) is 2. The first-order valence-electron chi connectivity index (χ1n) is 8.99. The number of carbonyl (C=O) groups excluding carboxylic acids is 1. The number of rotatable bonds is 4. The van der Waals surface area contributed by atoms with E-state index < -0.39 is 13.0 Å². The van der Waals surface area contributed by atoms with Gasteiger partial charge >= 0.3 is 0 Å². The fraction of sp³-hybridized carbons (Fsp3) is 0.526. The van der Waals surface area contributed by atoms with Gasteiger partial charge in [-0.2, -0.15) is 0 Å². The van der Waals surface area contributed by atoms with Crippen LogP contribution in [0.25, 0.3) is 10.9 Å². The Hall–Kier alpha value is -1.99. The lowest BCUT2D eigenvalue weighted by Crippen LogP contribution is -2.59. The number of benzene rings is 1. The van der Waals surface area contributed by atoms with Crippen molar-refractivity contribution in [1.29, 1.82) is 0 Å². The summed E-state index contributed by atoms with van der Waals surface area (Å²) in [7, 11) is 2.11. The number of fused-ring (bicyclic) bond motifs is 3. The highest BCUT2D eigenvalue weighted by Crippen LogP contribution is 2.27. The molecular weight excluding hydrogens is 340 g/mol. The number of piperidine rings is 1. The maximum atomic E-state index is 12.9. The maximum Gasteiger partial charge on any atom is 0.256 e. The van der Waals surface area contributed by atoms with Gasteiger partial charge in [0.05, 0.1) is 25.3 Å². The average molecular weight is 363 g/mol. The average Bonchev–Trinajstić information content (AvgIpc) is 2.94. The highest BCUT2D eigenvalue weighted by molar-refractivity contribution is 6.07. The molecule has 2 bridgehead atoms. The van der Waals surface area contributed by atoms with Gasteiger partial charge in [-0.1, -0.05) is 18.2 Å². The SMILES string of the molecule is CN1[C@@H]2COC[C@H]1CC(NC(=O)c1cn(CC(F)F)c3ccccc13)C2. The Balaban J connectivity index is 1.55. The third kappa shape index (κ3) is 3.21. The van der Waals surface area contributed by atoms with Gasteiger partial charge in [-0.05, 0) is 26.0 Å². The van der Waals surface area contributed by atoms with Crippen LogP contribution in [0, 0.1) is 0 Å². The fourth-order valence-corrected chi connectivity index (χ4v) is 4.20. The molecular formula is C19H23F2N3O2. The molecule has 2 aliphatic rings. The van der Waals surface area contributed by atoms with Gasteiger partial charge in [-0.3, -0.25) is 9.69 Å². The molecule has 0 spiro atoms. The molecule has 1 amide bonds. The number of para-hydroxylation sites is 1. The molecule has 1 unspecified atom stereocenters. The van der Waals surface area contributed by atoms with E-state index in [0.717, 1.165) is 12.8 Å². The number of morpholine rings is 1. The van der Waals surface area contributed by atoms with Crippen molar-refractivity contribution in [3.63, 3.8) is 0 Å². The molecule has 1 aromatic carbocycles. The summed E-state index contributed by atoms with van der Waals surface area (Å²) in [6.45, 7) is 0.962. The minimum Gasteiger partial charge on any atom is -0.378 e. The summed E-state index contributed by atoms with van der Waals surface area (Å²) in [4.78, 5) is 15.2. The topological polar surface area (TPSA) is 46.5 Å². The summed E-state index contributed by atoms with van der Waals surface area (Å²) >= 11 is 0. The summed E-state index contributed by atoms with van der Waals surface area (Å²) in [5, 5.41) is 3.83. The Morgan fingerprint density at radius 2 is 1.96 bits per heavy atom. The Morgan fingerprint density at radius 3 is 2.65 bits per heavy atom. The van der Waals surface area contributed by atoms with Gasteiger partial charge in [0.15, 0.2) is 0 Å². The van der Waals surface area contributed by atoms with Crippen molar-refractivity contribution in [3.05, 3.63) is 36.0 Å². The van der Waals surface area contributed by atoms with Crippen molar-refractivity contribution >= 4 is 16.8 Å². The number of carbonyl (C=O) groups is 1. The van der Waals surface area contributed by atoms with Crippen LogP contribution in [0.4, 0.5) is 8.78 Å². The Morgan fingerprint density at radius 1 is 1.27 bits per heavy atom. The molecule has 5 nitrogen and oxygen atoms in total. The molecule has 2 fully saturated rings. The number of likely N-dealkylation sites (N-methyl/N-ethyl adjacent to an activating group) is 1. The normalized spacial score (nSPS) is 26.4. The van der Waals surface area contributed by atoms with Gasteiger partial charge in [-0.25, -0.2) is 8.78 Å². The number of ether oxygens (including phenoxy) is 1. The van der Waals surface area contributed by atoms with Crippen LogP contribution < -0.4 is 5.32 Å². The summed E-state index contributed by atoms with van der Waals surface area (Å²) in [6, 6.07) is 7.90. The standard InChI is InChI=1S/C19H23F2N3O2/c1-23-13-6-12(7-14(23)11-26-10-13)22-19(25)16-8-24(9-18(20)21)17-5-3-2-4-15(16)17/h2-5,8,12-14,18H,6-7,9-11H2,1H3,(H,22,25)/t12?,13-,14+. The summed E-state index contributed by atoms with van der Waals surface area (Å²) < 4.78 is 32.8. The molecule has 0 aliphatic carbocycles. The van der Waals surface area contributed by atoms with E-state index in [-0.39, 0.29) is 11.9 Å². The second kappa shape index (κ2) is 6.96. The van der Waals surface area contributed by atoms with Crippen molar-refractivity contribution in [2.45, 2.75) is 43.9 Å². The molecule has 140 valence electrons. The van der Waals surface area contributed by atoms with Gasteiger partial charge in [0.1, 0.15) is 0 Å². The number of hydrogen-bond acceptors (Lipinski definition) is 3. The fourth-order valence-electron chi connectivity index (χ4n) is 4.20. The van der Waals surface area contributed by atoms with Crippen LogP contribution in [0.1, 0.15) is 23.2 Å². The highest BCUT2D eigenvalue weighted by Gasteiger charge is 2.37. The van der Waals surface area contributed by atoms with E-state index in [1.807, 2.05) is 12.1 Å². The molecule has 3 atom stereocenters. The predicted octanol–water partition coefficient (Wildman–Crippen LogP) is 2.50. The van der Waals surface area contributed by atoms with Crippen LogP contribution in [0.15, 0.2) is 30.5 Å². The lowest BCUT2D eigenvalue weighted by molar-refractivity contribution is -0.0670.